The summed E-state index contributed by atoms with van der Waals surface area (Å²) < 4.78 is 0. The topological polar surface area (TPSA) is 69.9 Å². The van der Waals surface area contributed by atoms with Gasteiger partial charge >= 0.3 is 5.97 Å². The fourth-order valence-corrected chi connectivity index (χ4v) is 3.32. The third kappa shape index (κ3) is 3.79. The van der Waals surface area contributed by atoms with Crippen LogP contribution in [0.15, 0.2) is 53.7 Å². The molecule has 0 amide bonds. The van der Waals surface area contributed by atoms with Gasteiger partial charge in [-0.25, -0.2) is 4.79 Å². The number of nitrogens with zero attached hydrogens (tertiary/aromatic N) is 1. The average molecular weight is 335 g/mol. The summed E-state index contributed by atoms with van der Waals surface area (Å²) in [6.07, 6.45) is 7.02. The van der Waals surface area contributed by atoms with Crippen LogP contribution in [0.4, 0.5) is 0 Å². The van der Waals surface area contributed by atoms with Gasteiger partial charge in [-0.2, -0.15) is 0 Å². The maximum atomic E-state index is 10.9. The molecule has 4 heteroatoms. The number of hydrogen-bond acceptors (Lipinski definition) is 3. The van der Waals surface area contributed by atoms with Crippen LogP contribution in [-0.4, -0.2) is 22.0 Å². The lowest BCUT2D eigenvalue weighted by Crippen LogP contribution is -2.09. The van der Waals surface area contributed by atoms with Crippen LogP contribution in [0.25, 0.3) is 6.08 Å². The summed E-state index contributed by atoms with van der Waals surface area (Å²) in [5.74, 6) is -0.368. The molecular formula is C21H21NO3. The van der Waals surface area contributed by atoms with E-state index in [4.69, 9.17) is 5.11 Å². The molecule has 0 aliphatic heterocycles. The van der Waals surface area contributed by atoms with E-state index in [1.807, 2.05) is 12.1 Å². The number of fused-ring (bicyclic) bond motifs is 1. The highest BCUT2D eigenvalue weighted by Crippen LogP contribution is 2.31. The van der Waals surface area contributed by atoms with Gasteiger partial charge in [0.05, 0.1) is 5.56 Å². The van der Waals surface area contributed by atoms with Crippen molar-refractivity contribution in [2.45, 2.75) is 32.1 Å². The van der Waals surface area contributed by atoms with Crippen molar-refractivity contribution in [3.63, 3.8) is 0 Å². The summed E-state index contributed by atoms with van der Waals surface area (Å²) in [6, 6.07) is 12.8. The summed E-state index contributed by atoms with van der Waals surface area (Å²) in [5, 5.41) is 21.7. The zero-order chi connectivity index (χ0) is 17.8. The molecule has 0 saturated heterocycles. The number of carboxylic acids is 1. The van der Waals surface area contributed by atoms with Gasteiger partial charge in [-0.3, -0.25) is 0 Å². The predicted molar refractivity (Wildman–Crippen MR) is 98.6 cm³/mol. The van der Waals surface area contributed by atoms with E-state index in [-0.39, 0.29) is 5.56 Å². The molecule has 1 unspecified atom stereocenters. The third-order valence-corrected chi connectivity index (χ3v) is 4.75. The van der Waals surface area contributed by atoms with E-state index in [0.29, 0.717) is 11.6 Å². The van der Waals surface area contributed by atoms with Crippen molar-refractivity contribution in [2.24, 2.45) is 5.16 Å². The molecule has 0 bridgehead atoms. The van der Waals surface area contributed by atoms with E-state index in [9.17, 15) is 10.0 Å². The van der Waals surface area contributed by atoms with Gasteiger partial charge in [0.25, 0.3) is 0 Å². The first-order chi connectivity index (χ1) is 12.1. The summed E-state index contributed by atoms with van der Waals surface area (Å²) in [4.78, 5) is 10.9. The molecule has 2 N–H and O–H groups in total. The predicted octanol–water partition coefficient (Wildman–Crippen LogP) is 4.72. The molecule has 25 heavy (non-hydrogen) atoms. The van der Waals surface area contributed by atoms with Crippen LogP contribution in [0.1, 0.15) is 58.3 Å². The third-order valence-electron chi connectivity index (χ3n) is 4.75. The van der Waals surface area contributed by atoms with Crippen molar-refractivity contribution in [3.05, 3.63) is 76.4 Å². The molecule has 0 heterocycles. The first-order valence-electron chi connectivity index (χ1n) is 8.45. The number of oxime groups is 1. The van der Waals surface area contributed by atoms with Crippen LogP contribution in [-0.2, 0) is 6.42 Å². The van der Waals surface area contributed by atoms with Crippen molar-refractivity contribution in [3.8, 4) is 0 Å². The highest BCUT2D eigenvalue weighted by Gasteiger charge is 2.17. The minimum atomic E-state index is -0.948. The van der Waals surface area contributed by atoms with Crippen molar-refractivity contribution in [2.75, 3.05) is 0 Å². The standard InChI is InChI=1S/C21H21NO3/c1-14-3-2-4-17-13-18(10-11-19(14)17)20(22-25)12-7-15-5-8-16(9-6-15)21(23)24/h5-14,25H,2-4H2,1H3,(H,23,24)/b12-7+,22-20+. The number of carbonyl (C=O) groups is 1. The van der Waals surface area contributed by atoms with E-state index >= 15 is 0 Å². The Morgan fingerprint density at radius 3 is 2.56 bits per heavy atom. The number of aromatic carboxylic acids is 1. The molecule has 0 spiro atoms. The van der Waals surface area contributed by atoms with Gasteiger partial charge in [0.2, 0.25) is 0 Å². The molecule has 0 aromatic heterocycles. The number of rotatable bonds is 4. The Morgan fingerprint density at radius 1 is 1.16 bits per heavy atom. The summed E-state index contributed by atoms with van der Waals surface area (Å²) in [7, 11) is 0. The van der Waals surface area contributed by atoms with Crippen LogP contribution >= 0.6 is 0 Å². The number of allylic oxidation sites excluding steroid dienone is 1. The molecule has 0 saturated carbocycles. The van der Waals surface area contributed by atoms with Crippen LogP contribution in [0.2, 0.25) is 0 Å². The molecule has 128 valence electrons. The van der Waals surface area contributed by atoms with Crippen molar-refractivity contribution in [1.29, 1.82) is 0 Å². The molecule has 2 aromatic rings. The molecule has 0 fully saturated rings. The number of carboxylic acid groups (broad SMARTS) is 1. The average Bonchev–Trinajstić information content (AvgIpc) is 2.63. The Hall–Kier alpha value is -2.88. The van der Waals surface area contributed by atoms with E-state index < -0.39 is 5.97 Å². The highest BCUT2D eigenvalue weighted by molar-refractivity contribution is 6.10. The summed E-state index contributed by atoms with van der Waals surface area (Å²) in [6.45, 7) is 2.25. The first-order valence-corrected chi connectivity index (χ1v) is 8.45. The smallest absolute Gasteiger partial charge is 0.335 e. The van der Waals surface area contributed by atoms with Crippen molar-refractivity contribution < 1.29 is 15.1 Å². The van der Waals surface area contributed by atoms with Crippen LogP contribution in [0.3, 0.4) is 0 Å². The second-order valence-corrected chi connectivity index (χ2v) is 6.45. The lowest BCUT2D eigenvalue weighted by molar-refractivity contribution is 0.0697. The maximum Gasteiger partial charge on any atom is 0.335 e. The van der Waals surface area contributed by atoms with Crippen LogP contribution in [0.5, 0.6) is 0 Å². The molecule has 1 atom stereocenters. The normalized spacial score (nSPS) is 17.5. The van der Waals surface area contributed by atoms with Crippen molar-refractivity contribution in [1.82, 2.24) is 0 Å². The zero-order valence-corrected chi connectivity index (χ0v) is 14.1. The number of hydrogen-bond donors (Lipinski definition) is 2. The molecule has 0 radical (unpaired) electrons. The zero-order valence-electron chi connectivity index (χ0n) is 14.1. The number of aryl methyl sites for hydroxylation is 1. The highest BCUT2D eigenvalue weighted by atomic mass is 16.4. The maximum absolute atomic E-state index is 10.9. The van der Waals surface area contributed by atoms with Gasteiger partial charge in [0, 0.05) is 5.56 Å². The van der Waals surface area contributed by atoms with Crippen LogP contribution in [0, 0.1) is 0 Å². The lowest BCUT2D eigenvalue weighted by atomic mass is 9.83. The fraction of sp³-hybridized carbons (Fsp3) is 0.238. The minimum absolute atomic E-state index is 0.247. The lowest BCUT2D eigenvalue weighted by Gasteiger charge is -2.22. The Bertz CT molecular complexity index is 835. The van der Waals surface area contributed by atoms with Gasteiger partial charge in [-0.05, 0) is 66.1 Å². The molecule has 4 nitrogen and oxygen atoms in total. The van der Waals surface area contributed by atoms with E-state index in [1.54, 1.807) is 30.3 Å². The molecule has 3 rings (SSSR count). The second-order valence-electron chi connectivity index (χ2n) is 6.45. The number of benzene rings is 2. The largest absolute Gasteiger partial charge is 0.478 e. The van der Waals surface area contributed by atoms with Gasteiger partial charge in [-0.15, -0.1) is 0 Å². The van der Waals surface area contributed by atoms with Gasteiger partial charge in [0.1, 0.15) is 5.71 Å². The van der Waals surface area contributed by atoms with E-state index in [0.717, 1.165) is 17.5 Å². The Balaban J connectivity index is 1.82. The van der Waals surface area contributed by atoms with Crippen LogP contribution < -0.4 is 0 Å². The first kappa shape index (κ1) is 17.0. The van der Waals surface area contributed by atoms with Gasteiger partial charge < -0.3 is 10.3 Å². The Kier molecular flexibility index (Phi) is 4.98. The quantitative estimate of drug-likeness (QED) is 0.483. The van der Waals surface area contributed by atoms with E-state index in [1.165, 1.54) is 24.0 Å². The molecule has 1 aliphatic carbocycles. The van der Waals surface area contributed by atoms with E-state index in [2.05, 4.69) is 24.2 Å². The Morgan fingerprint density at radius 2 is 1.88 bits per heavy atom. The summed E-state index contributed by atoms with van der Waals surface area (Å²) >= 11 is 0. The molecular weight excluding hydrogens is 314 g/mol. The fourth-order valence-electron chi connectivity index (χ4n) is 3.32. The monoisotopic (exact) mass is 335 g/mol. The van der Waals surface area contributed by atoms with Gasteiger partial charge in [0.15, 0.2) is 0 Å². The molecule has 1 aliphatic rings. The molecule has 2 aromatic carbocycles. The second kappa shape index (κ2) is 7.34. The van der Waals surface area contributed by atoms with Crippen molar-refractivity contribution >= 4 is 17.8 Å². The minimum Gasteiger partial charge on any atom is -0.478 e. The summed E-state index contributed by atoms with van der Waals surface area (Å²) in [5.41, 5.74) is 5.18. The van der Waals surface area contributed by atoms with Gasteiger partial charge in [-0.1, -0.05) is 42.4 Å². The Labute approximate surface area is 147 Å². The SMILES string of the molecule is CC1CCCc2cc(C(/C=C/c3ccc(C(=O)O)cc3)=N/O)ccc21.